The van der Waals surface area contributed by atoms with Gasteiger partial charge in [0.1, 0.15) is 0 Å². The lowest BCUT2D eigenvalue weighted by Crippen LogP contribution is -2.36. The molecule has 3 amide bonds. The summed E-state index contributed by atoms with van der Waals surface area (Å²) >= 11 is 0. The molecule has 3 rings (SSSR count). The number of hydrogen-bond acceptors (Lipinski definition) is 2. The summed E-state index contributed by atoms with van der Waals surface area (Å²) in [5.41, 5.74) is 2.31. The Morgan fingerprint density at radius 1 is 0.929 bits per heavy atom. The Morgan fingerprint density at radius 3 is 2.32 bits per heavy atom. The molecule has 0 saturated carbocycles. The first kappa shape index (κ1) is 19.9. The van der Waals surface area contributed by atoms with E-state index < -0.39 is 0 Å². The van der Waals surface area contributed by atoms with Gasteiger partial charge in [-0.1, -0.05) is 50.2 Å². The molecule has 5 heteroatoms. The molecule has 1 aliphatic heterocycles. The molecule has 2 aromatic carbocycles. The zero-order valence-corrected chi connectivity index (χ0v) is 16.7. The van der Waals surface area contributed by atoms with Gasteiger partial charge in [0.05, 0.1) is 6.04 Å². The summed E-state index contributed by atoms with van der Waals surface area (Å²) in [6.45, 7) is 5.78. The lowest BCUT2D eigenvalue weighted by Gasteiger charge is -2.27. The van der Waals surface area contributed by atoms with E-state index >= 15 is 0 Å². The molecule has 0 aromatic heterocycles. The minimum absolute atomic E-state index is 0.0353. The highest BCUT2D eigenvalue weighted by molar-refractivity contribution is 5.97. The van der Waals surface area contributed by atoms with Crippen molar-refractivity contribution in [1.82, 2.24) is 10.2 Å². The van der Waals surface area contributed by atoms with Crippen molar-refractivity contribution >= 4 is 17.6 Å². The maximum atomic E-state index is 12.7. The molecule has 0 spiro atoms. The van der Waals surface area contributed by atoms with Gasteiger partial charge in [-0.15, -0.1) is 0 Å². The summed E-state index contributed by atoms with van der Waals surface area (Å²) in [7, 11) is 0. The first-order valence-corrected chi connectivity index (χ1v) is 10.1. The van der Waals surface area contributed by atoms with Crippen molar-refractivity contribution in [2.45, 2.75) is 39.2 Å². The molecule has 1 aliphatic rings. The number of likely N-dealkylation sites (tertiary alicyclic amines) is 1. The Bertz CT molecular complexity index is 799. The number of nitrogens with one attached hydrogen (secondary N) is 2. The fraction of sp³-hybridized carbons (Fsp3) is 0.391. The van der Waals surface area contributed by atoms with Crippen molar-refractivity contribution < 1.29 is 9.59 Å². The zero-order chi connectivity index (χ0) is 19.9. The van der Waals surface area contributed by atoms with Crippen molar-refractivity contribution in [3.8, 4) is 0 Å². The summed E-state index contributed by atoms with van der Waals surface area (Å²) < 4.78 is 0. The van der Waals surface area contributed by atoms with Crippen molar-refractivity contribution in [3.05, 3.63) is 65.7 Å². The molecule has 1 saturated heterocycles. The van der Waals surface area contributed by atoms with E-state index in [0.29, 0.717) is 11.3 Å². The molecule has 1 heterocycles. The van der Waals surface area contributed by atoms with Crippen LogP contribution in [0.15, 0.2) is 54.6 Å². The van der Waals surface area contributed by atoms with Crippen LogP contribution in [0.3, 0.4) is 0 Å². The second-order valence-electron chi connectivity index (χ2n) is 7.66. The largest absolute Gasteiger partial charge is 0.339 e. The third-order valence-corrected chi connectivity index (χ3v) is 5.12. The van der Waals surface area contributed by atoms with Gasteiger partial charge in [-0.3, -0.25) is 4.79 Å². The summed E-state index contributed by atoms with van der Waals surface area (Å²) in [4.78, 5) is 27.1. The molecule has 0 radical (unpaired) electrons. The predicted octanol–water partition coefficient (Wildman–Crippen LogP) is 4.83. The number of carbonyl (C=O) groups is 2. The van der Waals surface area contributed by atoms with E-state index in [0.717, 1.165) is 31.5 Å². The van der Waals surface area contributed by atoms with Crippen molar-refractivity contribution in [3.63, 3.8) is 0 Å². The SMILES string of the molecule is CC(C)C(NC(=O)Nc1cccc(C(=O)N2CCCCC2)c1)c1ccccc1. The predicted molar refractivity (Wildman–Crippen MR) is 112 cm³/mol. The standard InChI is InChI=1S/C23H29N3O2/c1-17(2)21(18-10-5-3-6-11-18)25-23(28)24-20-13-9-12-19(16-20)22(27)26-14-7-4-8-15-26/h3,5-6,9-13,16-17,21H,4,7-8,14-15H2,1-2H3,(H2,24,25,28). The molecule has 0 aliphatic carbocycles. The van der Waals surface area contributed by atoms with Crippen LogP contribution >= 0.6 is 0 Å². The van der Waals surface area contributed by atoms with Gasteiger partial charge < -0.3 is 15.5 Å². The van der Waals surface area contributed by atoms with Gasteiger partial charge >= 0.3 is 6.03 Å². The van der Waals surface area contributed by atoms with Gasteiger partial charge in [0, 0.05) is 24.3 Å². The van der Waals surface area contributed by atoms with Gasteiger partial charge in [-0.25, -0.2) is 4.79 Å². The smallest absolute Gasteiger partial charge is 0.319 e. The normalized spacial score (nSPS) is 15.2. The van der Waals surface area contributed by atoms with Crippen molar-refractivity contribution in [2.75, 3.05) is 18.4 Å². The Hall–Kier alpha value is -2.82. The second-order valence-corrected chi connectivity index (χ2v) is 7.66. The van der Waals surface area contributed by atoms with Crippen molar-refractivity contribution in [2.24, 2.45) is 5.92 Å². The van der Waals surface area contributed by atoms with Gasteiger partial charge in [0.25, 0.3) is 5.91 Å². The van der Waals surface area contributed by atoms with Crippen LogP contribution in [0.5, 0.6) is 0 Å². The molecule has 28 heavy (non-hydrogen) atoms. The van der Waals surface area contributed by atoms with E-state index in [4.69, 9.17) is 0 Å². The van der Waals surface area contributed by atoms with E-state index in [1.807, 2.05) is 41.3 Å². The number of amides is 3. The van der Waals surface area contributed by atoms with Crippen LogP contribution in [0.25, 0.3) is 0 Å². The van der Waals surface area contributed by atoms with E-state index in [9.17, 15) is 9.59 Å². The first-order valence-electron chi connectivity index (χ1n) is 10.1. The molecular weight excluding hydrogens is 350 g/mol. The number of carbonyl (C=O) groups excluding carboxylic acids is 2. The molecular formula is C23H29N3O2. The van der Waals surface area contributed by atoms with E-state index in [-0.39, 0.29) is 23.9 Å². The van der Waals surface area contributed by atoms with Crippen molar-refractivity contribution in [1.29, 1.82) is 0 Å². The second kappa shape index (κ2) is 9.40. The molecule has 2 aromatic rings. The highest BCUT2D eigenvalue weighted by Gasteiger charge is 2.20. The maximum Gasteiger partial charge on any atom is 0.319 e. The molecule has 5 nitrogen and oxygen atoms in total. The van der Waals surface area contributed by atoms with Crippen LogP contribution in [0, 0.1) is 5.92 Å². The minimum atomic E-state index is -0.273. The number of piperidine rings is 1. The molecule has 1 atom stereocenters. The third kappa shape index (κ3) is 5.12. The maximum absolute atomic E-state index is 12.7. The summed E-state index contributed by atoms with van der Waals surface area (Å²) in [6, 6.07) is 16.8. The topological polar surface area (TPSA) is 61.4 Å². The highest BCUT2D eigenvalue weighted by Crippen LogP contribution is 2.22. The van der Waals surface area contributed by atoms with Gasteiger partial charge in [-0.05, 0) is 48.9 Å². The van der Waals surface area contributed by atoms with Crippen LogP contribution in [-0.2, 0) is 0 Å². The molecule has 1 unspecified atom stereocenters. The number of rotatable bonds is 5. The number of benzene rings is 2. The Labute approximate surface area is 167 Å². The number of nitrogens with zero attached hydrogens (tertiary/aromatic N) is 1. The third-order valence-electron chi connectivity index (χ3n) is 5.12. The van der Waals surface area contributed by atoms with Gasteiger partial charge in [-0.2, -0.15) is 0 Å². The lowest BCUT2D eigenvalue weighted by atomic mass is 9.96. The van der Waals surface area contributed by atoms with Crippen LogP contribution < -0.4 is 10.6 Å². The summed E-state index contributed by atoms with van der Waals surface area (Å²) in [6.07, 6.45) is 3.30. The minimum Gasteiger partial charge on any atom is -0.339 e. The Balaban J connectivity index is 1.66. The fourth-order valence-electron chi connectivity index (χ4n) is 3.61. The lowest BCUT2D eigenvalue weighted by molar-refractivity contribution is 0.0724. The van der Waals surface area contributed by atoms with Crippen LogP contribution in [-0.4, -0.2) is 29.9 Å². The van der Waals surface area contributed by atoms with E-state index in [1.165, 1.54) is 6.42 Å². The van der Waals surface area contributed by atoms with Crippen LogP contribution in [0.2, 0.25) is 0 Å². The van der Waals surface area contributed by atoms with Gasteiger partial charge in [0.2, 0.25) is 0 Å². The monoisotopic (exact) mass is 379 g/mol. The average molecular weight is 380 g/mol. The summed E-state index contributed by atoms with van der Waals surface area (Å²) in [5.74, 6) is 0.285. The van der Waals surface area contributed by atoms with Crippen LogP contribution in [0.1, 0.15) is 55.1 Å². The average Bonchev–Trinajstić information content (AvgIpc) is 2.72. The molecule has 0 bridgehead atoms. The number of anilines is 1. The van der Waals surface area contributed by atoms with E-state index in [2.05, 4.69) is 24.5 Å². The molecule has 2 N–H and O–H groups in total. The van der Waals surface area contributed by atoms with Gasteiger partial charge in [0.15, 0.2) is 0 Å². The summed E-state index contributed by atoms with van der Waals surface area (Å²) in [5, 5.41) is 5.92. The highest BCUT2D eigenvalue weighted by atomic mass is 16.2. The molecule has 1 fully saturated rings. The zero-order valence-electron chi connectivity index (χ0n) is 16.7. The molecule has 148 valence electrons. The number of urea groups is 1. The van der Waals surface area contributed by atoms with E-state index in [1.54, 1.807) is 18.2 Å². The fourth-order valence-corrected chi connectivity index (χ4v) is 3.61. The first-order chi connectivity index (χ1) is 13.5. The van der Waals surface area contributed by atoms with Crippen LogP contribution in [0.4, 0.5) is 10.5 Å². The number of hydrogen-bond donors (Lipinski definition) is 2. The quantitative estimate of drug-likeness (QED) is 0.781. The Morgan fingerprint density at radius 2 is 1.64 bits per heavy atom. The Kier molecular flexibility index (Phi) is 6.69.